The maximum atomic E-state index is 13.5. The fourth-order valence-corrected chi connectivity index (χ4v) is 5.02. The third-order valence-electron chi connectivity index (χ3n) is 5.44. The van der Waals surface area contributed by atoms with E-state index in [1.54, 1.807) is 18.1 Å². The molecule has 1 amide bonds. The van der Waals surface area contributed by atoms with Gasteiger partial charge in [-0.15, -0.1) is 0 Å². The second-order valence-corrected chi connectivity index (χ2v) is 8.92. The minimum atomic E-state index is -0.0892. The summed E-state index contributed by atoms with van der Waals surface area (Å²) in [6.07, 6.45) is 0.846. The number of aryl methyl sites for hydroxylation is 1. The number of fused-ring (bicyclic) bond motifs is 1. The predicted octanol–water partition coefficient (Wildman–Crippen LogP) is 4.64. The lowest BCUT2D eigenvalue weighted by Gasteiger charge is -2.27. The van der Waals surface area contributed by atoms with Gasteiger partial charge in [-0.1, -0.05) is 35.1 Å². The number of morpholine rings is 1. The number of benzene rings is 2. The highest BCUT2D eigenvalue weighted by atomic mass is 35.5. The quantitative estimate of drug-likeness (QED) is 0.515. The van der Waals surface area contributed by atoms with Crippen LogP contribution in [0.3, 0.4) is 0 Å². The van der Waals surface area contributed by atoms with Gasteiger partial charge in [0, 0.05) is 31.7 Å². The number of hydrogen-bond acceptors (Lipinski definition) is 6. The summed E-state index contributed by atoms with van der Waals surface area (Å²) in [4.78, 5) is 22.5. The number of ether oxygens (including phenoxy) is 2. The molecule has 2 aromatic carbocycles. The van der Waals surface area contributed by atoms with Crippen molar-refractivity contribution in [2.75, 3.05) is 51.4 Å². The Hall–Kier alpha value is -2.19. The summed E-state index contributed by atoms with van der Waals surface area (Å²) in [6, 6.07) is 11.1. The molecule has 4 rings (SSSR count). The zero-order valence-electron chi connectivity index (χ0n) is 17.8. The maximum absolute atomic E-state index is 13.5. The summed E-state index contributed by atoms with van der Waals surface area (Å²) in [5, 5.41) is 1.33. The van der Waals surface area contributed by atoms with Gasteiger partial charge in [0.1, 0.15) is 5.75 Å². The predicted molar refractivity (Wildman–Crippen MR) is 126 cm³/mol. The molecule has 3 aromatic rings. The molecule has 0 atom stereocenters. The minimum absolute atomic E-state index is 0.0892. The number of carbonyl (C=O) groups excluding carboxylic acids is 1. The van der Waals surface area contributed by atoms with Crippen LogP contribution in [0.2, 0.25) is 5.02 Å². The molecule has 0 N–H and O–H groups in total. The molecule has 1 fully saturated rings. The summed E-state index contributed by atoms with van der Waals surface area (Å²) in [5.41, 5.74) is 2.47. The van der Waals surface area contributed by atoms with Crippen molar-refractivity contribution in [3.63, 3.8) is 0 Å². The van der Waals surface area contributed by atoms with Crippen molar-refractivity contribution in [1.82, 2.24) is 9.88 Å². The van der Waals surface area contributed by atoms with Gasteiger partial charge < -0.3 is 9.47 Å². The number of halogens is 1. The van der Waals surface area contributed by atoms with Gasteiger partial charge in [-0.3, -0.25) is 14.6 Å². The van der Waals surface area contributed by atoms with Crippen molar-refractivity contribution >= 4 is 44.2 Å². The van der Waals surface area contributed by atoms with Crippen LogP contribution in [0.5, 0.6) is 5.75 Å². The fourth-order valence-electron chi connectivity index (χ4n) is 3.68. The topological polar surface area (TPSA) is 54.9 Å². The van der Waals surface area contributed by atoms with Crippen LogP contribution in [0.4, 0.5) is 5.13 Å². The van der Waals surface area contributed by atoms with E-state index in [4.69, 9.17) is 26.1 Å². The van der Waals surface area contributed by atoms with Gasteiger partial charge in [0.15, 0.2) is 5.13 Å². The summed E-state index contributed by atoms with van der Waals surface area (Å²) in [5.74, 6) is 0.566. The molecule has 1 aliphatic rings. The number of rotatable bonds is 7. The summed E-state index contributed by atoms with van der Waals surface area (Å²) in [6.45, 7) is 6.89. The summed E-state index contributed by atoms with van der Waals surface area (Å²) >= 11 is 7.88. The first-order chi connectivity index (χ1) is 15.1. The van der Waals surface area contributed by atoms with Crippen molar-refractivity contribution in [1.29, 1.82) is 0 Å². The number of thiazole rings is 1. The van der Waals surface area contributed by atoms with Gasteiger partial charge in [-0.2, -0.15) is 0 Å². The van der Waals surface area contributed by atoms with E-state index in [-0.39, 0.29) is 5.91 Å². The fraction of sp³-hybridized carbons (Fsp3) is 0.391. The van der Waals surface area contributed by atoms with Crippen LogP contribution in [-0.2, 0) is 4.74 Å². The third kappa shape index (κ3) is 5.01. The highest BCUT2D eigenvalue weighted by Crippen LogP contribution is 2.36. The lowest BCUT2D eigenvalue weighted by Crippen LogP contribution is -2.39. The monoisotopic (exact) mass is 459 g/mol. The standard InChI is InChI=1S/C23H26ClN3O3S/c1-16-7-8-19(24)21-20(16)25-23(31-21)27(10-4-9-26-11-13-30-14-12-26)22(28)17-5-3-6-18(15-17)29-2/h3,5-8,15H,4,9-14H2,1-2H3. The molecule has 6 nitrogen and oxygen atoms in total. The number of amides is 1. The Labute approximate surface area is 191 Å². The molecule has 0 spiro atoms. The molecule has 2 heterocycles. The number of anilines is 1. The Morgan fingerprint density at radius 2 is 2.10 bits per heavy atom. The Kier molecular flexibility index (Phi) is 7.07. The van der Waals surface area contributed by atoms with E-state index < -0.39 is 0 Å². The Morgan fingerprint density at radius 3 is 2.84 bits per heavy atom. The molecule has 164 valence electrons. The zero-order valence-corrected chi connectivity index (χ0v) is 19.3. The van der Waals surface area contributed by atoms with Gasteiger partial charge in [0.2, 0.25) is 0 Å². The van der Waals surface area contributed by atoms with Crippen molar-refractivity contribution in [2.45, 2.75) is 13.3 Å². The van der Waals surface area contributed by atoms with Crippen LogP contribution in [0.15, 0.2) is 36.4 Å². The van der Waals surface area contributed by atoms with Gasteiger partial charge in [0.25, 0.3) is 5.91 Å². The highest BCUT2D eigenvalue weighted by Gasteiger charge is 2.23. The van der Waals surface area contributed by atoms with E-state index in [0.29, 0.717) is 28.0 Å². The Bertz CT molecular complexity index is 1030. The first kappa shape index (κ1) is 22.0. The second kappa shape index (κ2) is 9.96. The molecule has 0 saturated carbocycles. The summed E-state index contributed by atoms with van der Waals surface area (Å²) < 4.78 is 11.7. The van der Waals surface area contributed by atoms with Crippen LogP contribution >= 0.6 is 22.9 Å². The van der Waals surface area contributed by atoms with E-state index >= 15 is 0 Å². The maximum Gasteiger partial charge on any atom is 0.260 e. The first-order valence-corrected chi connectivity index (χ1v) is 11.6. The smallest absolute Gasteiger partial charge is 0.260 e. The molecule has 1 aliphatic heterocycles. The SMILES string of the molecule is COc1cccc(C(=O)N(CCCN2CCOCC2)c2nc3c(C)ccc(Cl)c3s2)c1. The third-order valence-corrected chi connectivity index (χ3v) is 6.98. The molecular weight excluding hydrogens is 434 g/mol. The number of methoxy groups -OCH3 is 1. The molecule has 0 aliphatic carbocycles. The molecule has 1 saturated heterocycles. The van der Waals surface area contributed by atoms with Crippen LogP contribution in [-0.4, -0.2) is 62.3 Å². The van der Waals surface area contributed by atoms with Crippen molar-refractivity contribution in [3.8, 4) is 5.75 Å². The Morgan fingerprint density at radius 1 is 1.29 bits per heavy atom. The number of aromatic nitrogens is 1. The minimum Gasteiger partial charge on any atom is -0.497 e. The number of carbonyl (C=O) groups is 1. The molecular formula is C23H26ClN3O3S. The highest BCUT2D eigenvalue weighted by molar-refractivity contribution is 7.23. The second-order valence-electron chi connectivity index (χ2n) is 7.53. The summed E-state index contributed by atoms with van der Waals surface area (Å²) in [7, 11) is 1.60. The van der Waals surface area contributed by atoms with Crippen molar-refractivity contribution < 1.29 is 14.3 Å². The molecule has 0 unspecified atom stereocenters. The van der Waals surface area contributed by atoms with E-state index in [1.807, 2.05) is 37.3 Å². The van der Waals surface area contributed by atoms with Crippen molar-refractivity contribution in [3.05, 3.63) is 52.5 Å². The lowest BCUT2D eigenvalue weighted by molar-refractivity contribution is 0.0376. The largest absolute Gasteiger partial charge is 0.497 e. The van der Waals surface area contributed by atoms with E-state index in [9.17, 15) is 4.79 Å². The average Bonchev–Trinajstić information content (AvgIpc) is 3.26. The molecule has 31 heavy (non-hydrogen) atoms. The molecule has 8 heteroatoms. The van der Waals surface area contributed by atoms with Crippen LogP contribution in [0.25, 0.3) is 10.2 Å². The number of nitrogens with zero attached hydrogens (tertiary/aromatic N) is 3. The Balaban J connectivity index is 1.62. The van der Waals surface area contributed by atoms with E-state index in [2.05, 4.69) is 4.90 Å². The van der Waals surface area contributed by atoms with Gasteiger partial charge >= 0.3 is 0 Å². The van der Waals surface area contributed by atoms with Crippen LogP contribution < -0.4 is 9.64 Å². The van der Waals surface area contributed by atoms with Gasteiger partial charge in [0.05, 0.1) is 35.6 Å². The van der Waals surface area contributed by atoms with Gasteiger partial charge in [-0.05, 0) is 43.2 Å². The molecule has 0 radical (unpaired) electrons. The van der Waals surface area contributed by atoms with Crippen LogP contribution in [0, 0.1) is 6.92 Å². The van der Waals surface area contributed by atoms with E-state index in [1.165, 1.54) is 11.3 Å². The normalized spacial score (nSPS) is 14.7. The van der Waals surface area contributed by atoms with Crippen molar-refractivity contribution in [2.24, 2.45) is 0 Å². The average molecular weight is 460 g/mol. The lowest BCUT2D eigenvalue weighted by atomic mass is 10.2. The zero-order chi connectivity index (χ0) is 21.8. The first-order valence-electron chi connectivity index (χ1n) is 10.4. The number of hydrogen-bond donors (Lipinski definition) is 0. The van der Waals surface area contributed by atoms with Crippen LogP contribution in [0.1, 0.15) is 22.3 Å². The van der Waals surface area contributed by atoms with E-state index in [0.717, 1.165) is 55.0 Å². The molecule has 0 bridgehead atoms. The van der Waals surface area contributed by atoms with Gasteiger partial charge in [-0.25, -0.2) is 4.98 Å². The molecule has 1 aromatic heterocycles.